The molecule has 0 atom stereocenters. The van der Waals surface area contributed by atoms with Crippen LogP contribution in [0.15, 0.2) is 48.5 Å². The predicted octanol–water partition coefficient (Wildman–Crippen LogP) is 4.63. The summed E-state index contributed by atoms with van der Waals surface area (Å²) in [6.07, 6.45) is 5.48. The van der Waals surface area contributed by atoms with E-state index in [4.69, 9.17) is 0 Å². The lowest BCUT2D eigenvalue weighted by molar-refractivity contribution is -0.150. The van der Waals surface area contributed by atoms with Gasteiger partial charge in [-0.3, -0.25) is 9.59 Å². The molecule has 0 unspecified atom stereocenters. The van der Waals surface area contributed by atoms with Crippen molar-refractivity contribution in [2.24, 2.45) is 11.3 Å². The minimum atomic E-state index is -0.428. The summed E-state index contributed by atoms with van der Waals surface area (Å²) in [6.45, 7) is 2.11. The Labute approximate surface area is 194 Å². The molecule has 0 aromatic heterocycles. The second kappa shape index (κ2) is 9.02. The number of nitrogens with zero attached hydrogens (tertiary/aromatic N) is 2. The fourth-order valence-corrected chi connectivity index (χ4v) is 5.03. The molecule has 1 aliphatic carbocycles. The molecular formula is C28H29FN2O2. The summed E-state index contributed by atoms with van der Waals surface area (Å²) in [5.41, 5.74) is 1.74. The van der Waals surface area contributed by atoms with Gasteiger partial charge < -0.3 is 9.80 Å². The second-order valence-electron chi connectivity index (χ2n) is 9.62. The molecule has 5 rings (SSSR count). The number of piperidine rings is 2. The van der Waals surface area contributed by atoms with Crippen molar-refractivity contribution in [2.45, 2.75) is 45.1 Å². The Morgan fingerprint density at radius 2 is 1.73 bits per heavy atom. The van der Waals surface area contributed by atoms with Gasteiger partial charge in [0.05, 0.1) is 5.41 Å². The van der Waals surface area contributed by atoms with Gasteiger partial charge in [0.25, 0.3) is 5.91 Å². The molecule has 0 N–H and O–H groups in total. The van der Waals surface area contributed by atoms with Crippen molar-refractivity contribution in [3.8, 4) is 11.8 Å². The molecule has 1 saturated carbocycles. The first-order valence-electron chi connectivity index (χ1n) is 12.0. The minimum Gasteiger partial charge on any atom is -0.339 e. The van der Waals surface area contributed by atoms with Crippen molar-refractivity contribution in [3.05, 3.63) is 71.0 Å². The van der Waals surface area contributed by atoms with Gasteiger partial charge in [-0.05, 0) is 68.9 Å². The lowest BCUT2D eigenvalue weighted by Gasteiger charge is -2.46. The first-order valence-corrected chi connectivity index (χ1v) is 12.0. The third kappa shape index (κ3) is 4.66. The molecule has 1 spiro atoms. The maximum Gasteiger partial charge on any atom is 0.253 e. The zero-order valence-corrected chi connectivity index (χ0v) is 18.9. The van der Waals surface area contributed by atoms with Crippen LogP contribution in [0.1, 0.15) is 60.0 Å². The van der Waals surface area contributed by atoms with Crippen molar-refractivity contribution in [1.29, 1.82) is 0 Å². The molecule has 2 saturated heterocycles. The molecule has 2 aromatic rings. The normalized spacial score (nSPS) is 19.8. The largest absolute Gasteiger partial charge is 0.339 e. The molecule has 2 heterocycles. The van der Waals surface area contributed by atoms with E-state index < -0.39 is 5.41 Å². The molecule has 4 nitrogen and oxygen atoms in total. The van der Waals surface area contributed by atoms with Crippen molar-refractivity contribution >= 4 is 11.8 Å². The van der Waals surface area contributed by atoms with E-state index in [0.29, 0.717) is 56.1 Å². The van der Waals surface area contributed by atoms with Crippen LogP contribution in [-0.4, -0.2) is 41.2 Å². The number of carbonyl (C=O) groups is 2. The van der Waals surface area contributed by atoms with Gasteiger partial charge in [0.2, 0.25) is 5.91 Å². The van der Waals surface area contributed by atoms with Crippen LogP contribution in [-0.2, 0) is 11.3 Å². The number of likely N-dealkylation sites (tertiary alicyclic amines) is 2. The van der Waals surface area contributed by atoms with Crippen LogP contribution in [0.2, 0.25) is 0 Å². The Morgan fingerprint density at radius 1 is 1.00 bits per heavy atom. The van der Waals surface area contributed by atoms with Gasteiger partial charge in [-0.15, -0.1) is 0 Å². The zero-order chi connectivity index (χ0) is 22.8. The summed E-state index contributed by atoms with van der Waals surface area (Å²) in [6, 6.07) is 14.2. The highest BCUT2D eigenvalue weighted by atomic mass is 19.1. The molecule has 0 bridgehead atoms. The Bertz CT molecular complexity index is 1100. The van der Waals surface area contributed by atoms with Gasteiger partial charge >= 0.3 is 0 Å². The Kier molecular flexibility index (Phi) is 5.93. The lowest BCUT2D eigenvalue weighted by atomic mass is 9.71. The quantitative estimate of drug-likeness (QED) is 0.648. The van der Waals surface area contributed by atoms with E-state index in [9.17, 15) is 14.0 Å². The molecule has 3 fully saturated rings. The van der Waals surface area contributed by atoms with Crippen LogP contribution < -0.4 is 0 Å². The highest BCUT2D eigenvalue weighted by molar-refractivity contribution is 5.94. The number of hydrogen-bond donors (Lipinski definition) is 0. The van der Waals surface area contributed by atoms with Gasteiger partial charge in [-0.25, -0.2) is 4.39 Å². The van der Waals surface area contributed by atoms with Gasteiger partial charge in [0.15, 0.2) is 0 Å². The number of hydrogen-bond acceptors (Lipinski definition) is 2. The van der Waals surface area contributed by atoms with E-state index in [2.05, 4.69) is 11.8 Å². The first kappa shape index (κ1) is 21.7. The molecule has 170 valence electrons. The third-order valence-corrected chi connectivity index (χ3v) is 7.28. The molecule has 0 radical (unpaired) electrons. The second-order valence-corrected chi connectivity index (χ2v) is 9.62. The molecule has 5 heteroatoms. The van der Waals surface area contributed by atoms with Crippen molar-refractivity contribution in [1.82, 2.24) is 9.80 Å². The fourth-order valence-electron chi connectivity index (χ4n) is 5.03. The average Bonchev–Trinajstić information content (AvgIpc) is 3.67. The number of rotatable bonds is 3. The predicted molar refractivity (Wildman–Crippen MR) is 125 cm³/mol. The van der Waals surface area contributed by atoms with Crippen molar-refractivity contribution in [2.75, 3.05) is 19.6 Å². The maximum absolute atomic E-state index is 14.1. The zero-order valence-electron chi connectivity index (χ0n) is 18.9. The van der Waals surface area contributed by atoms with Gasteiger partial charge in [0, 0.05) is 48.8 Å². The fraction of sp³-hybridized carbons (Fsp3) is 0.429. The minimum absolute atomic E-state index is 0.0121. The molecule has 33 heavy (non-hydrogen) atoms. The Morgan fingerprint density at radius 3 is 2.42 bits per heavy atom. The standard InChI is InChI=1S/C28H29FN2O2/c29-25-5-2-1-4-24(25)20-31-17-3-14-28(27(31)33)15-18-30(19-16-28)26(32)23-12-10-22(11-13-23)9-8-21-6-7-21/h1-2,4-5,10-13,21H,3,6-7,14-20H2. The molecular weight excluding hydrogens is 415 g/mol. The summed E-state index contributed by atoms with van der Waals surface area (Å²) in [5, 5.41) is 0. The van der Waals surface area contributed by atoms with Crippen LogP contribution >= 0.6 is 0 Å². The molecule has 2 amide bonds. The Balaban J connectivity index is 1.21. The summed E-state index contributed by atoms with van der Waals surface area (Å²) in [5.74, 6) is 6.83. The topological polar surface area (TPSA) is 40.6 Å². The van der Waals surface area contributed by atoms with Crippen molar-refractivity contribution in [3.63, 3.8) is 0 Å². The lowest BCUT2D eigenvalue weighted by Crippen LogP contribution is -2.54. The number of benzene rings is 2. The SMILES string of the molecule is O=C(c1ccc(C#CC2CC2)cc1)N1CCC2(CCCN(Cc3ccccc3F)C2=O)CC1. The first-order chi connectivity index (χ1) is 16.0. The number of carbonyl (C=O) groups excluding carboxylic acids is 2. The van der Waals surface area contributed by atoms with Gasteiger partial charge in [-0.2, -0.15) is 0 Å². The van der Waals surface area contributed by atoms with Crippen LogP contribution in [0.3, 0.4) is 0 Å². The van der Waals surface area contributed by atoms with E-state index in [1.807, 2.05) is 29.2 Å². The summed E-state index contributed by atoms with van der Waals surface area (Å²) in [7, 11) is 0. The van der Waals surface area contributed by atoms with E-state index >= 15 is 0 Å². The monoisotopic (exact) mass is 444 g/mol. The van der Waals surface area contributed by atoms with Gasteiger partial charge in [0.1, 0.15) is 5.82 Å². The van der Waals surface area contributed by atoms with E-state index in [0.717, 1.165) is 18.4 Å². The van der Waals surface area contributed by atoms with Crippen LogP contribution in [0.5, 0.6) is 0 Å². The third-order valence-electron chi connectivity index (χ3n) is 7.28. The van der Waals surface area contributed by atoms with Crippen LogP contribution in [0.4, 0.5) is 4.39 Å². The van der Waals surface area contributed by atoms with E-state index in [1.54, 1.807) is 23.1 Å². The van der Waals surface area contributed by atoms with Crippen LogP contribution in [0.25, 0.3) is 0 Å². The highest BCUT2D eigenvalue weighted by Crippen LogP contribution is 2.41. The van der Waals surface area contributed by atoms with E-state index in [1.165, 1.54) is 18.9 Å². The van der Waals surface area contributed by atoms with Gasteiger partial charge in [-0.1, -0.05) is 30.0 Å². The van der Waals surface area contributed by atoms with Crippen molar-refractivity contribution < 1.29 is 14.0 Å². The van der Waals surface area contributed by atoms with E-state index in [-0.39, 0.29) is 17.6 Å². The molecule has 2 aromatic carbocycles. The number of amides is 2. The smallest absolute Gasteiger partial charge is 0.253 e. The number of halogens is 1. The highest BCUT2D eigenvalue weighted by Gasteiger charge is 2.46. The molecule has 3 aliphatic rings. The summed E-state index contributed by atoms with van der Waals surface area (Å²) >= 11 is 0. The summed E-state index contributed by atoms with van der Waals surface area (Å²) in [4.78, 5) is 30.1. The van der Waals surface area contributed by atoms with Crippen LogP contribution in [0, 0.1) is 29.0 Å². The average molecular weight is 445 g/mol. The Hall–Kier alpha value is -3.13. The summed E-state index contributed by atoms with van der Waals surface area (Å²) < 4.78 is 14.1. The maximum atomic E-state index is 14.1. The molecule has 2 aliphatic heterocycles.